The second-order valence-electron chi connectivity index (χ2n) is 17.5. The lowest BCUT2D eigenvalue weighted by atomic mass is 10.0. The highest BCUT2D eigenvalue weighted by Crippen LogP contribution is 2.30. The molecule has 5 aromatic rings. The zero-order valence-electron chi connectivity index (χ0n) is 36.6. The zero-order chi connectivity index (χ0) is 45.3. The van der Waals surface area contributed by atoms with Gasteiger partial charge >= 0.3 is 24.4 Å². The van der Waals surface area contributed by atoms with Crippen molar-refractivity contribution >= 4 is 58.9 Å². The minimum Gasteiger partial charge on any atom is -0.444 e. The first-order chi connectivity index (χ1) is 28.3. The highest BCUT2D eigenvalue weighted by atomic mass is 127. The Kier molecular flexibility index (Phi) is 15.2. The summed E-state index contributed by atoms with van der Waals surface area (Å²) < 4.78 is 25.1. The molecule has 0 radical (unpaired) electrons. The third kappa shape index (κ3) is 14.8. The topological polar surface area (TPSA) is 165 Å². The first-order valence-electron chi connectivity index (χ1n) is 19.3. The summed E-state index contributed by atoms with van der Waals surface area (Å²) in [5.74, 6) is 6.33. The van der Waals surface area contributed by atoms with Gasteiger partial charge < -0.3 is 18.9 Å². The predicted molar refractivity (Wildman–Crippen MR) is 243 cm³/mol. The summed E-state index contributed by atoms with van der Waals surface area (Å²) in [4.78, 5) is 59.0. The Morgan fingerprint density at radius 2 is 0.918 bits per heavy atom. The van der Waals surface area contributed by atoms with Crippen LogP contribution in [-0.4, -0.2) is 65.9 Å². The number of halogens is 1. The number of imidazole rings is 2. The summed E-state index contributed by atoms with van der Waals surface area (Å²) in [7, 11) is 0. The predicted octanol–water partition coefficient (Wildman–Crippen LogP) is 11.4. The third-order valence-corrected chi connectivity index (χ3v) is 8.31. The number of ether oxygens (including phenoxy) is 4. The average Bonchev–Trinajstić information content (AvgIpc) is 3.73. The van der Waals surface area contributed by atoms with E-state index in [0.717, 1.165) is 14.7 Å². The molecule has 2 amide bonds. The van der Waals surface area contributed by atoms with E-state index in [9.17, 15) is 19.2 Å². The van der Waals surface area contributed by atoms with Crippen molar-refractivity contribution in [1.29, 1.82) is 0 Å². The molecule has 0 bridgehead atoms. The van der Waals surface area contributed by atoms with Gasteiger partial charge in [0.2, 0.25) is 11.9 Å². The highest BCUT2D eigenvalue weighted by molar-refractivity contribution is 14.1. The van der Waals surface area contributed by atoms with Crippen molar-refractivity contribution in [2.45, 2.75) is 105 Å². The van der Waals surface area contributed by atoms with Gasteiger partial charge in [-0.25, -0.2) is 38.3 Å². The molecule has 2 N–H and O–H groups in total. The Balaban J connectivity index is 0.000000276. The second kappa shape index (κ2) is 19.5. The number of carbonyl (C=O) groups excluding carboxylic acids is 4. The van der Waals surface area contributed by atoms with Crippen molar-refractivity contribution < 1.29 is 38.1 Å². The number of nitrogens with zero attached hydrogens (tertiary/aromatic N) is 4. The van der Waals surface area contributed by atoms with Crippen LogP contribution in [0.4, 0.5) is 31.1 Å². The molecular weight excluding hydrogens is 891 g/mol. The number of rotatable bonds is 4. The van der Waals surface area contributed by atoms with E-state index in [0.29, 0.717) is 22.5 Å². The minimum atomic E-state index is -0.756. The molecule has 5 rings (SSSR count). The molecule has 0 spiro atoms. The van der Waals surface area contributed by atoms with Crippen LogP contribution in [-0.2, 0) is 18.9 Å². The standard InChI is InChI=1S/C27H29N3O4.C19H24IN3O4/c1-26(2,3)33-24(31)29-23-28-18-22(30(23)25(32)34-27(4,5)6)21-15-11-10-14-20(21)17-16-19-12-8-7-9-13-19;1-18(2,3)26-16(24)22-15-21-11-14(12-9-7-8-10-13(12)20)23(15)17(25)27-19(4,5)6/h7-15,18H,1-6H3,(H,28,29,31);7-11H,1-6H3,(H,21,22,24). The number of hydrogen-bond acceptors (Lipinski definition) is 10. The van der Waals surface area contributed by atoms with Crippen LogP contribution < -0.4 is 10.6 Å². The fourth-order valence-corrected chi connectivity index (χ4v) is 5.84. The summed E-state index contributed by atoms with van der Waals surface area (Å²) >= 11 is 2.18. The van der Waals surface area contributed by atoms with E-state index in [2.05, 4.69) is 55.0 Å². The molecule has 0 atom stereocenters. The monoisotopic (exact) mass is 944 g/mol. The third-order valence-electron chi connectivity index (χ3n) is 7.37. The van der Waals surface area contributed by atoms with Crippen LogP contribution in [0.3, 0.4) is 0 Å². The number of aromatic nitrogens is 4. The summed E-state index contributed by atoms with van der Waals surface area (Å²) in [6, 6.07) is 24.6. The molecule has 2 heterocycles. The quantitative estimate of drug-likeness (QED) is 0.101. The molecule has 61 heavy (non-hydrogen) atoms. The van der Waals surface area contributed by atoms with Crippen molar-refractivity contribution in [3.05, 3.63) is 106 Å². The summed E-state index contributed by atoms with van der Waals surface area (Å²) in [6.07, 6.45) is 0.268. The number of hydrogen-bond donors (Lipinski definition) is 2. The molecule has 0 fully saturated rings. The summed E-state index contributed by atoms with van der Waals surface area (Å²) in [6.45, 7) is 21.1. The van der Waals surface area contributed by atoms with Crippen LogP contribution >= 0.6 is 22.6 Å². The molecular formula is C46H53IN6O8. The van der Waals surface area contributed by atoms with Gasteiger partial charge in [-0.2, -0.15) is 0 Å². The molecule has 0 saturated heterocycles. The van der Waals surface area contributed by atoms with E-state index in [1.54, 1.807) is 83.1 Å². The minimum absolute atomic E-state index is 0.00989. The van der Waals surface area contributed by atoms with Gasteiger partial charge in [0.1, 0.15) is 22.4 Å². The molecule has 0 saturated carbocycles. The zero-order valence-corrected chi connectivity index (χ0v) is 38.8. The van der Waals surface area contributed by atoms with Gasteiger partial charge in [0.05, 0.1) is 23.8 Å². The van der Waals surface area contributed by atoms with E-state index >= 15 is 0 Å². The van der Waals surface area contributed by atoms with E-state index in [-0.39, 0.29) is 11.9 Å². The highest BCUT2D eigenvalue weighted by Gasteiger charge is 2.29. The fraction of sp³-hybridized carbons (Fsp3) is 0.348. The number of anilines is 2. The van der Waals surface area contributed by atoms with E-state index in [1.807, 2.05) is 78.9 Å². The number of carbonyl (C=O) groups is 4. The van der Waals surface area contributed by atoms with Crippen molar-refractivity contribution in [3.63, 3.8) is 0 Å². The molecule has 0 unspecified atom stereocenters. The molecule has 322 valence electrons. The fourth-order valence-electron chi connectivity index (χ4n) is 5.18. The van der Waals surface area contributed by atoms with Gasteiger partial charge in [0, 0.05) is 25.8 Å². The first-order valence-corrected chi connectivity index (χ1v) is 20.4. The second-order valence-corrected chi connectivity index (χ2v) is 18.6. The number of benzene rings is 3. The van der Waals surface area contributed by atoms with Gasteiger partial charge in [0.15, 0.2) is 0 Å². The molecule has 14 nitrogen and oxygen atoms in total. The molecule has 0 aliphatic carbocycles. The van der Waals surface area contributed by atoms with Crippen molar-refractivity contribution in [3.8, 4) is 34.4 Å². The Bertz CT molecular complexity index is 2420. The van der Waals surface area contributed by atoms with Gasteiger partial charge in [-0.15, -0.1) is 0 Å². The first kappa shape index (κ1) is 47.5. The van der Waals surface area contributed by atoms with Crippen molar-refractivity contribution in [2.24, 2.45) is 0 Å². The molecule has 0 aliphatic rings. The van der Waals surface area contributed by atoms with Gasteiger partial charge in [0.25, 0.3) is 0 Å². The summed E-state index contributed by atoms with van der Waals surface area (Å²) in [5.41, 5.74) is 1.13. The van der Waals surface area contributed by atoms with Crippen molar-refractivity contribution in [2.75, 3.05) is 10.6 Å². The SMILES string of the molecule is CC(C)(C)OC(=O)Nc1ncc(-c2ccccc2C#Cc2ccccc2)n1C(=O)OC(C)(C)C.CC(C)(C)OC(=O)Nc1ncc(-c2ccccc2I)n1C(=O)OC(C)(C)C. The van der Waals surface area contributed by atoms with Crippen LogP contribution in [0.2, 0.25) is 0 Å². The van der Waals surface area contributed by atoms with Crippen molar-refractivity contribution in [1.82, 2.24) is 19.1 Å². The molecule has 15 heteroatoms. The largest absolute Gasteiger partial charge is 0.444 e. The summed E-state index contributed by atoms with van der Waals surface area (Å²) in [5, 5.41) is 5.09. The normalized spacial score (nSPS) is 11.5. The van der Waals surface area contributed by atoms with Crippen LogP contribution in [0.25, 0.3) is 22.5 Å². The lowest BCUT2D eigenvalue weighted by Gasteiger charge is -2.22. The lowest BCUT2D eigenvalue weighted by molar-refractivity contribution is 0.0526. The number of nitrogens with one attached hydrogen (secondary N) is 2. The van der Waals surface area contributed by atoms with Gasteiger partial charge in [-0.05, 0) is 130 Å². The van der Waals surface area contributed by atoms with Crippen LogP contribution in [0.1, 0.15) is 94.2 Å². The average molecular weight is 945 g/mol. The van der Waals surface area contributed by atoms with E-state index in [4.69, 9.17) is 18.9 Å². The smallest absolute Gasteiger partial charge is 0.421 e. The maximum Gasteiger partial charge on any atom is 0.421 e. The molecule has 0 aliphatic heterocycles. The van der Waals surface area contributed by atoms with Crippen LogP contribution in [0.15, 0.2) is 91.3 Å². The van der Waals surface area contributed by atoms with Gasteiger partial charge in [-0.3, -0.25) is 10.6 Å². The number of amides is 2. The lowest BCUT2D eigenvalue weighted by Crippen LogP contribution is -2.31. The van der Waals surface area contributed by atoms with Crippen LogP contribution in [0, 0.1) is 15.4 Å². The Hall–Kier alpha value is -6.15. The van der Waals surface area contributed by atoms with E-state index < -0.39 is 46.8 Å². The molecule has 2 aromatic heterocycles. The Morgan fingerprint density at radius 1 is 0.525 bits per heavy atom. The maximum absolute atomic E-state index is 13.2. The maximum atomic E-state index is 13.2. The van der Waals surface area contributed by atoms with Gasteiger partial charge in [-0.1, -0.05) is 66.4 Å². The van der Waals surface area contributed by atoms with E-state index in [1.165, 1.54) is 21.5 Å². The Labute approximate surface area is 370 Å². The molecule has 3 aromatic carbocycles. The van der Waals surface area contributed by atoms with Crippen LogP contribution in [0.5, 0.6) is 0 Å². The Morgan fingerprint density at radius 3 is 1.36 bits per heavy atom.